The second-order valence-corrected chi connectivity index (χ2v) is 10.1. The van der Waals surface area contributed by atoms with Crippen LogP contribution in [0.4, 0.5) is 8.78 Å². The van der Waals surface area contributed by atoms with Gasteiger partial charge in [-0.15, -0.1) is 41.4 Å². The molecule has 3 rings (SSSR count). The first kappa shape index (κ1) is 28.5. The van der Waals surface area contributed by atoms with E-state index in [4.69, 9.17) is 16.6 Å². The smallest absolute Gasteiger partial charge is 0.481 e. The van der Waals surface area contributed by atoms with Crippen molar-refractivity contribution in [3.63, 3.8) is 0 Å². The maximum Gasteiger partial charge on any atom is 2.00 e. The minimum atomic E-state index is -1.00. The number of hydrogen-bond donors (Lipinski definition) is 1. The predicted octanol–water partition coefficient (Wildman–Crippen LogP) is 6.19. The SMILES string of the molecule is Cc1nc(-c2[c-]ccc(Cl)c2)sc1CN1C[C@H](C(=O)O)C[C@@H](C(C)(C)C)C1.F[CH-]F.[U+2]. The molecule has 1 aliphatic heterocycles. The van der Waals surface area contributed by atoms with E-state index in [-0.39, 0.29) is 42.4 Å². The van der Waals surface area contributed by atoms with Gasteiger partial charge in [-0.2, -0.15) is 11.3 Å². The number of aryl methyl sites for hydroxylation is 1. The number of aliphatic carboxylic acids is 1. The van der Waals surface area contributed by atoms with Crippen molar-refractivity contribution in [3.8, 4) is 10.6 Å². The number of thiazole rings is 1. The zero-order valence-corrected chi connectivity index (χ0v) is 23.8. The fourth-order valence-corrected chi connectivity index (χ4v) is 4.84. The molecule has 0 spiro atoms. The number of aromatic nitrogens is 1. The molecule has 2 atom stereocenters. The van der Waals surface area contributed by atoms with Gasteiger partial charge in [-0.3, -0.25) is 14.7 Å². The van der Waals surface area contributed by atoms with E-state index in [9.17, 15) is 18.7 Å². The average molecular weight is 695 g/mol. The zero-order valence-electron chi connectivity index (χ0n) is 18.1. The molecule has 1 aliphatic rings. The summed E-state index contributed by atoms with van der Waals surface area (Å²) < 4.78 is 19.0. The first-order valence-electron chi connectivity index (χ1n) is 9.66. The maximum atomic E-state index is 11.7. The van der Waals surface area contributed by atoms with Gasteiger partial charge in [0.05, 0.1) is 5.92 Å². The van der Waals surface area contributed by atoms with E-state index in [0.717, 1.165) is 35.8 Å². The summed E-state index contributed by atoms with van der Waals surface area (Å²) >= 11 is 7.74. The molecule has 0 bridgehead atoms. The monoisotopic (exact) mass is 694 g/mol. The average Bonchev–Trinajstić information content (AvgIpc) is 3.02. The Morgan fingerprint density at radius 1 is 1.42 bits per heavy atom. The van der Waals surface area contributed by atoms with Gasteiger partial charge in [0, 0.05) is 35.2 Å². The molecule has 0 radical (unpaired) electrons. The molecule has 1 fully saturated rings. The molecule has 0 aliphatic carbocycles. The van der Waals surface area contributed by atoms with E-state index in [0.29, 0.717) is 17.5 Å². The van der Waals surface area contributed by atoms with E-state index in [2.05, 4.69) is 31.7 Å². The Balaban J connectivity index is 0.00000113. The molecule has 0 saturated carbocycles. The molecule has 1 N–H and O–H groups in total. The molecule has 0 amide bonds. The summed E-state index contributed by atoms with van der Waals surface area (Å²) in [6, 6.07) is 8.68. The molecular formula is C22H27ClF2N2O2SU. The normalized spacial score (nSPS) is 19.2. The number of likely N-dealkylation sites (tertiary alicyclic amines) is 1. The van der Waals surface area contributed by atoms with Crippen LogP contribution in [-0.2, 0) is 11.3 Å². The van der Waals surface area contributed by atoms with Gasteiger partial charge in [0.2, 0.25) is 0 Å². The number of carboxylic acid groups (broad SMARTS) is 1. The van der Waals surface area contributed by atoms with Crippen molar-refractivity contribution in [1.29, 1.82) is 0 Å². The summed E-state index contributed by atoms with van der Waals surface area (Å²) in [4.78, 5) is 19.8. The molecule has 1 aromatic heterocycles. The third-order valence-electron chi connectivity index (χ3n) is 5.35. The number of piperidine rings is 1. The Kier molecular flexibility index (Phi) is 11.6. The fraction of sp³-hybridized carbons (Fsp3) is 0.500. The Labute approximate surface area is 215 Å². The van der Waals surface area contributed by atoms with Gasteiger partial charge < -0.3 is 13.9 Å². The molecule has 0 unspecified atom stereocenters. The minimum absolute atomic E-state index is 0. The van der Waals surface area contributed by atoms with E-state index in [1.165, 1.54) is 4.88 Å². The van der Waals surface area contributed by atoms with Gasteiger partial charge in [0.1, 0.15) is 0 Å². The number of benzene rings is 1. The van der Waals surface area contributed by atoms with Crippen LogP contribution >= 0.6 is 22.9 Å². The van der Waals surface area contributed by atoms with Crippen molar-refractivity contribution in [1.82, 2.24) is 9.88 Å². The van der Waals surface area contributed by atoms with Crippen LogP contribution in [0.5, 0.6) is 0 Å². The quantitative estimate of drug-likeness (QED) is 0.389. The van der Waals surface area contributed by atoms with Crippen molar-refractivity contribution in [3.05, 3.63) is 46.8 Å². The van der Waals surface area contributed by atoms with Crippen LogP contribution in [0.2, 0.25) is 5.02 Å². The van der Waals surface area contributed by atoms with Crippen molar-refractivity contribution in [2.75, 3.05) is 13.1 Å². The Bertz CT molecular complexity index is 860. The zero-order chi connectivity index (χ0) is 22.5. The Morgan fingerprint density at radius 3 is 2.61 bits per heavy atom. The number of halogens is 3. The van der Waals surface area contributed by atoms with Crippen molar-refractivity contribution >= 4 is 28.9 Å². The molecule has 9 heteroatoms. The summed E-state index contributed by atoms with van der Waals surface area (Å²) in [5.74, 6) is -0.637. The van der Waals surface area contributed by atoms with Gasteiger partial charge in [-0.05, 0) is 36.6 Å². The van der Waals surface area contributed by atoms with Crippen LogP contribution in [0.15, 0.2) is 18.2 Å². The Hall–Kier alpha value is -0.518. The number of nitrogens with zero attached hydrogens (tertiary/aromatic N) is 2. The van der Waals surface area contributed by atoms with Crippen molar-refractivity contribution in [2.24, 2.45) is 17.3 Å². The van der Waals surface area contributed by atoms with Gasteiger partial charge in [-0.1, -0.05) is 20.8 Å². The van der Waals surface area contributed by atoms with Gasteiger partial charge in [0.15, 0.2) is 0 Å². The number of hydrogen-bond acceptors (Lipinski definition) is 4. The molecule has 2 heterocycles. The molecule has 1 aromatic carbocycles. The summed E-state index contributed by atoms with van der Waals surface area (Å²) in [6.45, 7) is 9.86. The first-order chi connectivity index (χ1) is 14.0. The van der Waals surface area contributed by atoms with E-state index >= 15 is 0 Å². The molecular weight excluding hydrogens is 668 g/mol. The molecule has 2 aromatic rings. The molecule has 168 valence electrons. The summed E-state index contributed by atoms with van der Waals surface area (Å²) in [7, 11) is 0. The predicted molar refractivity (Wildman–Crippen MR) is 117 cm³/mol. The third kappa shape index (κ3) is 8.40. The molecule has 1 saturated heterocycles. The number of rotatable bonds is 4. The van der Waals surface area contributed by atoms with Gasteiger partial charge >= 0.3 is 37.1 Å². The van der Waals surface area contributed by atoms with E-state index in [1.807, 2.05) is 19.1 Å². The van der Waals surface area contributed by atoms with Crippen molar-refractivity contribution in [2.45, 2.75) is 40.7 Å². The van der Waals surface area contributed by atoms with Crippen LogP contribution in [0.1, 0.15) is 37.8 Å². The summed E-state index contributed by atoms with van der Waals surface area (Å²) in [6.07, 6.45) is 0.750. The minimum Gasteiger partial charge on any atom is -0.481 e. The molecule has 4 nitrogen and oxygen atoms in total. The second-order valence-electron chi connectivity index (χ2n) is 8.56. The fourth-order valence-electron chi connectivity index (χ4n) is 3.58. The van der Waals surface area contributed by atoms with Crippen LogP contribution in [-0.4, -0.2) is 34.0 Å². The Morgan fingerprint density at radius 2 is 2.06 bits per heavy atom. The largest absolute Gasteiger partial charge is 2.00 e. The topological polar surface area (TPSA) is 53.4 Å². The van der Waals surface area contributed by atoms with Crippen LogP contribution in [0, 0.1) is 68.3 Å². The standard InChI is InChI=1S/C21H26ClN2O2S.CHF2.U/c1-13-18(27-19(23-13)14-6-5-7-17(22)9-14)12-24-10-15(20(25)26)8-16(11-24)21(2,3)4;2-1-3;/h5,7,9,15-16H,8,10-12H2,1-4H3,(H,25,26);1H;/q2*-1;+2/t15-,16-;;/m1../s1. The van der Waals surface area contributed by atoms with Crippen LogP contribution in [0.25, 0.3) is 10.6 Å². The van der Waals surface area contributed by atoms with Crippen LogP contribution < -0.4 is 0 Å². The summed E-state index contributed by atoms with van der Waals surface area (Å²) in [5, 5.41) is 11.2. The van der Waals surface area contributed by atoms with Crippen molar-refractivity contribution < 1.29 is 49.8 Å². The number of carboxylic acids is 1. The maximum absolute atomic E-state index is 11.7. The van der Waals surface area contributed by atoms with E-state index in [1.54, 1.807) is 17.4 Å². The second kappa shape index (κ2) is 12.6. The third-order valence-corrected chi connectivity index (χ3v) is 6.76. The van der Waals surface area contributed by atoms with Gasteiger partial charge in [0.25, 0.3) is 0 Å². The number of carbonyl (C=O) groups is 1. The van der Waals surface area contributed by atoms with E-state index < -0.39 is 12.9 Å². The first-order valence-corrected chi connectivity index (χ1v) is 10.9. The van der Waals surface area contributed by atoms with Crippen LogP contribution in [0.3, 0.4) is 0 Å². The summed E-state index contributed by atoms with van der Waals surface area (Å²) in [5.41, 5.74) is 1.99. The molecule has 31 heavy (non-hydrogen) atoms. The van der Waals surface area contributed by atoms with Gasteiger partial charge in [-0.25, -0.2) is 0 Å².